The topological polar surface area (TPSA) is 21.3 Å². The van der Waals surface area contributed by atoms with Crippen LogP contribution in [0.3, 0.4) is 0 Å². The number of rotatable bonds is 7. The highest BCUT2D eigenvalue weighted by Crippen LogP contribution is 2.01. The van der Waals surface area contributed by atoms with Crippen LogP contribution < -0.4 is 5.32 Å². The second-order valence-corrected chi connectivity index (χ2v) is 3.90. The molecule has 0 aromatic carbocycles. The molecule has 1 N–H and O–H groups in total. The third-order valence-corrected chi connectivity index (χ3v) is 2.35. The van der Waals surface area contributed by atoms with E-state index in [4.69, 9.17) is 4.74 Å². The number of ether oxygens (including phenoxy) is 1. The number of halogens is 1. The standard InChI is InChI=1S/C9H20BrNO/c1-4-9(5-6-10)11-8(2)7-12-3/h8-9,11H,4-7H2,1-3H3. The van der Waals surface area contributed by atoms with E-state index in [1.807, 2.05) is 0 Å². The van der Waals surface area contributed by atoms with Gasteiger partial charge in [-0.25, -0.2) is 0 Å². The molecule has 0 radical (unpaired) electrons. The van der Waals surface area contributed by atoms with Crippen molar-refractivity contribution in [3.05, 3.63) is 0 Å². The molecule has 0 saturated heterocycles. The summed E-state index contributed by atoms with van der Waals surface area (Å²) < 4.78 is 5.05. The molecule has 2 atom stereocenters. The van der Waals surface area contributed by atoms with Crippen molar-refractivity contribution in [3.8, 4) is 0 Å². The molecule has 12 heavy (non-hydrogen) atoms. The largest absolute Gasteiger partial charge is 0.383 e. The maximum atomic E-state index is 5.05. The number of nitrogens with one attached hydrogen (secondary N) is 1. The minimum atomic E-state index is 0.457. The van der Waals surface area contributed by atoms with E-state index < -0.39 is 0 Å². The van der Waals surface area contributed by atoms with Crippen LogP contribution in [0.1, 0.15) is 26.7 Å². The van der Waals surface area contributed by atoms with Gasteiger partial charge in [0.1, 0.15) is 0 Å². The summed E-state index contributed by atoms with van der Waals surface area (Å²) in [5.74, 6) is 0. The molecule has 0 aliphatic carbocycles. The van der Waals surface area contributed by atoms with Gasteiger partial charge < -0.3 is 10.1 Å². The zero-order valence-electron chi connectivity index (χ0n) is 8.27. The number of methoxy groups -OCH3 is 1. The first-order valence-electron chi connectivity index (χ1n) is 4.55. The van der Waals surface area contributed by atoms with Gasteiger partial charge in [0, 0.05) is 24.5 Å². The van der Waals surface area contributed by atoms with Crippen LogP contribution in [0.4, 0.5) is 0 Å². The fraction of sp³-hybridized carbons (Fsp3) is 1.00. The van der Waals surface area contributed by atoms with Crippen LogP contribution in [0.5, 0.6) is 0 Å². The van der Waals surface area contributed by atoms with E-state index in [9.17, 15) is 0 Å². The van der Waals surface area contributed by atoms with E-state index >= 15 is 0 Å². The second-order valence-electron chi connectivity index (χ2n) is 3.11. The molecule has 3 heteroatoms. The Kier molecular flexibility index (Phi) is 8.29. The Labute approximate surface area is 84.2 Å². The lowest BCUT2D eigenvalue weighted by Gasteiger charge is -2.20. The third kappa shape index (κ3) is 5.98. The molecule has 0 amide bonds. The van der Waals surface area contributed by atoms with E-state index in [-0.39, 0.29) is 0 Å². The molecule has 2 nitrogen and oxygen atoms in total. The van der Waals surface area contributed by atoms with Crippen molar-refractivity contribution in [1.82, 2.24) is 5.32 Å². The van der Waals surface area contributed by atoms with E-state index in [0.717, 1.165) is 11.9 Å². The maximum Gasteiger partial charge on any atom is 0.0613 e. The zero-order valence-corrected chi connectivity index (χ0v) is 9.86. The highest BCUT2D eigenvalue weighted by molar-refractivity contribution is 9.09. The summed E-state index contributed by atoms with van der Waals surface area (Å²) in [7, 11) is 1.74. The van der Waals surface area contributed by atoms with Gasteiger partial charge in [-0.2, -0.15) is 0 Å². The fourth-order valence-electron chi connectivity index (χ4n) is 1.24. The molecule has 0 bridgehead atoms. The highest BCUT2D eigenvalue weighted by Gasteiger charge is 2.08. The van der Waals surface area contributed by atoms with Gasteiger partial charge in [0.25, 0.3) is 0 Å². The van der Waals surface area contributed by atoms with Crippen LogP contribution in [-0.2, 0) is 4.74 Å². The lowest BCUT2D eigenvalue weighted by molar-refractivity contribution is 0.165. The molecule has 0 aromatic rings. The van der Waals surface area contributed by atoms with Crippen LogP contribution in [-0.4, -0.2) is 31.1 Å². The average Bonchev–Trinajstić information content (AvgIpc) is 2.04. The molecule has 0 aromatic heterocycles. The molecule has 74 valence electrons. The van der Waals surface area contributed by atoms with Crippen LogP contribution in [0.2, 0.25) is 0 Å². The van der Waals surface area contributed by atoms with Crippen molar-refractivity contribution >= 4 is 15.9 Å². The maximum absolute atomic E-state index is 5.05. The molecule has 0 saturated carbocycles. The van der Waals surface area contributed by atoms with Crippen LogP contribution in [0.25, 0.3) is 0 Å². The molecule has 0 aliphatic rings. The summed E-state index contributed by atoms with van der Waals surface area (Å²) in [6.07, 6.45) is 2.37. The van der Waals surface area contributed by atoms with Crippen LogP contribution in [0.15, 0.2) is 0 Å². The Morgan fingerprint density at radius 1 is 1.50 bits per heavy atom. The van der Waals surface area contributed by atoms with Gasteiger partial charge in [0.15, 0.2) is 0 Å². The smallest absolute Gasteiger partial charge is 0.0613 e. The monoisotopic (exact) mass is 237 g/mol. The number of alkyl halides is 1. The first kappa shape index (κ1) is 12.4. The van der Waals surface area contributed by atoms with Crippen molar-refractivity contribution < 1.29 is 4.74 Å². The summed E-state index contributed by atoms with van der Waals surface area (Å²) in [6, 6.07) is 1.08. The van der Waals surface area contributed by atoms with E-state index in [1.165, 1.54) is 12.8 Å². The van der Waals surface area contributed by atoms with Gasteiger partial charge in [-0.05, 0) is 19.8 Å². The van der Waals surface area contributed by atoms with Crippen molar-refractivity contribution in [2.24, 2.45) is 0 Å². The fourth-order valence-corrected chi connectivity index (χ4v) is 1.79. The quantitative estimate of drug-likeness (QED) is 0.686. The second kappa shape index (κ2) is 8.02. The molecule has 0 aliphatic heterocycles. The molecule has 0 fully saturated rings. The van der Waals surface area contributed by atoms with E-state index in [1.54, 1.807) is 7.11 Å². The van der Waals surface area contributed by atoms with E-state index in [2.05, 4.69) is 35.1 Å². The first-order valence-corrected chi connectivity index (χ1v) is 5.67. The van der Waals surface area contributed by atoms with Gasteiger partial charge in [-0.3, -0.25) is 0 Å². The van der Waals surface area contributed by atoms with Gasteiger partial charge in [-0.15, -0.1) is 0 Å². The first-order chi connectivity index (χ1) is 5.74. The molecular weight excluding hydrogens is 218 g/mol. The summed E-state index contributed by atoms with van der Waals surface area (Å²) in [4.78, 5) is 0. The van der Waals surface area contributed by atoms with Crippen molar-refractivity contribution in [2.45, 2.75) is 38.8 Å². The molecule has 2 unspecified atom stereocenters. The average molecular weight is 238 g/mol. The summed E-state index contributed by atoms with van der Waals surface area (Å²) in [5, 5.41) is 4.58. The van der Waals surface area contributed by atoms with Crippen LogP contribution in [0, 0.1) is 0 Å². The molecule has 0 spiro atoms. The minimum absolute atomic E-state index is 0.457. The molecular formula is C9H20BrNO. The third-order valence-electron chi connectivity index (χ3n) is 1.89. The normalized spacial score (nSPS) is 16.0. The molecule has 0 heterocycles. The Morgan fingerprint density at radius 3 is 2.58 bits per heavy atom. The Hall–Kier alpha value is 0.400. The van der Waals surface area contributed by atoms with Gasteiger partial charge >= 0.3 is 0 Å². The lowest BCUT2D eigenvalue weighted by atomic mass is 10.1. The Balaban J connectivity index is 3.53. The summed E-state index contributed by atoms with van der Waals surface area (Å²) in [6.45, 7) is 5.15. The SMILES string of the molecule is CCC(CCBr)NC(C)COC. The summed E-state index contributed by atoms with van der Waals surface area (Å²) in [5.41, 5.74) is 0. The molecule has 0 rings (SSSR count). The lowest BCUT2D eigenvalue weighted by Crippen LogP contribution is -2.38. The zero-order chi connectivity index (χ0) is 9.40. The van der Waals surface area contributed by atoms with Crippen LogP contribution >= 0.6 is 15.9 Å². The van der Waals surface area contributed by atoms with E-state index in [0.29, 0.717) is 12.1 Å². The van der Waals surface area contributed by atoms with Gasteiger partial charge in [-0.1, -0.05) is 22.9 Å². The van der Waals surface area contributed by atoms with Gasteiger partial charge in [0.2, 0.25) is 0 Å². The number of hydrogen-bond acceptors (Lipinski definition) is 2. The van der Waals surface area contributed by atoms with Crippen molar-refractivity contribution in [1.29, 1.82) is 0 Å². The van der Waals surface area contributed by atoms with Crippen molar-refractivity contribution in [3.63, 3.8) is 0 Å². The predicted octanol–water partition coefficient (Wildman–Crippen LogP) is 2.17. The number of hydrogen-bond donors (Lipinski definition) is 1. The Morgan fingerprint density at radius 2 is 2.17 bits per heavy atom. The minimum Gasteiger partial charge on any atom is -0.383 e. The highest BCUT2D eigenvalue weighted by atomic mass is 79.9. The van der Waals surface area contributed by atoms with Crippen molar-refractivity contribution in [2.75, 3.05) is 19.0 Å². The predicted molar refractivity (Wildman–Crippen MR) is 57.0 cm³/mol. The van der Waals surface area contributed by atoms with Gasteiger partial charge in [0.05, 0.1) is 6.61 Å². The Bertz CT molecular complexity index is 101. The summed E-state index contributed by atoms with van der Waals surface area (Å²) >= 11 is 3.45.